The van der Waals surface area contributed by atoms with Gasteiger partial charge in [0.15, 0.2) is 6.10 Å². The number of aromatic nitrogens is 2. The van der Waals surface area contributed by atoms with Crippen LogP contribution in [0.15, 0.2) is 21.3 Å². The van der Waals surface area contributed by atoms with Gasteiger partial charge in [0, 0.05) is 17.0 Å². The van der Waals surface area contributed by atoms with Crippen LogP contribution in [0.4, 0.5) is 0 Å². The minimum absolute atomic E-state index is 0.0576. The van der Waals surface area contributed by atoms with Crippen LogP contribution >= 0.6 is 11.3 Å². The molecule has 1 saturated heterocycles. The van der Waals surface area contributed by atoms with Gasteiger partial charge in [0.05, 0.1) is 6.61 Å². The number of ether oxygens (including phenoxy) is 1. The van der Waals surface area contributed by atoms with Crippen molar-refractivity contribution in [2.75, 3.05) is 6.61 Å². The molecule has 1 saturated carbocycles. The second-order valence-electron chi connectivity index (χ2n) is 5.75. The molecule has 6 nitrogen and oxygen atoms in total. The van der Waals surface area contributed by atoms with Crippen molar-refractivity contribution < 1.29 is 14.1 Å². The average molecular weight is 319 g/mol. The fourth-order valence-electron chi connectivity index (χ4n) is 2.95. The number of nitrogens with zero attached hydrogens (tertiary/aromatic N) is 3. The number of hydrogen-bond donors (Lipinski definition) is 0. The molecule has 0 radical (unpaired) electrons. The SMILES string of the molecule is O=C(C1CO1)N(Cc1nc(-c2ccsc2)no1)C1CCCC1. The molecular formula is C15H17N3O3S. The van der Waals surface area contributed by atoms with Gasteiger partial charge in [0.1, 0.15) is 6.54 Å². The molecule has 0 aromatic carbocycles. The molecule has 0 spiro atoms. The zero-order valence-corrected chi connectivity index (χ0v) is 12.9. The predicted octanol–water partition coefficient (Wildman–Crippen LogP) is 2.47. The van der Waals surface area contributed by atoms with E-state index in [4.69, 9.17) is 9.26 Å². The Hall–Kier alpha value is -1.73. The van der Waals surface area contributed by atoms with Crippen LogP contribution in [0, 0.1) is 0 Å². The molecule has 1 aliphatic heterocycles. The highest BCUT2D eigenvalue weighted by molar-refractivity contribution is 7.08. The van der Waals surface area contributed by atoms with Gasteiger partial charge >= 0.3 is 0 Å². The van der Waals surface area contributed by atoms with Crippen molar-refractivity contribution in [2.45, 2.75) is 44.4 Å². The smallest absolute Gasteiger partial charge is 0.254 e. The molecule has 3 heterocycles. The van der Waals surface area contributed by atoms with Crippen LogP contribution in [-0.2, 0) is 16.1 Å². The predicted molar refractivity (Wildman–Crippen MR) is 80.2 cm³/mol. The van der Waals surface area contributed by atoms with Crippen molar-refractivity contribution in [1.29, 1.82) is 0 Å². The third-order valence-corrected chi connectivity index (χ3v) is 4.89. The van der Waals surface area contributed by atoms with E-state index in [1.54, 1.807) is 11.3 Å². The third-order valence-electron chi connectivity index (χ3n) is 4.21. The highest BCUT2D eigenvalue weighted by atomic mass is 32.1. The van der Waals surface area contributed by atoms with Crippen LogP contribution in [0.5, 0.6) is 0 Å². The molecule has 4 rings (SSSR count). The summed E-state index contributed by atoms with van der Waals surface area (Å²) in [5.74, 6) is 1.13. The van der Waals surface area contributed by atoms with Crippen LogP contribution in [0.25, 0.3) is 11.4 Å². The summed E-state index contributed by atoms with van der Waals surface area (Å²) >= 11 is 1.59. The summed E-state index contributed by atoms with van der Waals surface area (Å²) in [5, 5.41) is 7.96. The largest absolute Gasteiger partial charge is 0.363 e. The number of hydrogen-bond acceptors (Lipinski definition) is 6. The maximum Gasteiger partial charge on any atom is 0.254 e. The van der Waals surface area contributed by atoms with Gasteiger partial charge in [-0.3, -0.25) is 4.79 Å². The van der Waals surface area contributed by atoms with Gasteiger partial charge in [0.25, 0.3) is 5.91 Å². The summed E-state index contributed by atoms with van der Waals surface area (Å²) in [6, 6.07) is 2.23. The summed E-state index contributed by atoms with van der Waals surface area (Å²) < 4.78 is 10.5. The zero-order chi connectivity index (χ0) is 14.9. The summed E-state index contributed by atoms with van der Waals surface area (Å²) in [6.45, 7) is 0.909. The summed E-state index contributed by atoms with van der Waals surface area (Å²) in [7, 11) is 0. The summed E-state index contributed by atoms with van der Waals surface area (Å²) in [5.41, 5.74) is 0.948. The number of carbonyl (C=O) groups excluding carboxylic acids is 1. The third kappa shape index (κ3) is 2.78. The van der Waals surface area contributed by atoms with Crippen LogP contribution in [0.3, 0.4) is 0 Å². The lowest BCUT2D eigenvalue weighted by atomic mass is 10.2. The number of rotatable bonds is 5. The van der Waals surface area contributed by atoms with Gasteiger partial charge in [-0.25, -0.2) is 0 Å². The second-order valence-corrected chi connectivity index (χ2v) is 6.53. The normalized spacial score (nSPS) is 21.2. The molecule has 2 aromatic heterocycles. The topological polar surface area (TPSA) is 71.8 Å². The van der Waals surface area contributed by atoms with Crippen molar-refractivity contribution in [3.8, 4) is 11.4 Å². The molecule has 1 amide bonds. The van der Waals surface area contributed by atoms with E-state index in [1.807, 2.05) is 21.7 Å². The van der Waals surface area contributed by atoms with Crippen LogP contribution in [0.1, 0.15) is 31.6 Å². The molecule has 1 unspecified atom stereocenters. The van der Waals surface area contributed by atoms with Crippen molar-refractivity contribution in [3.05, 3.63) is 22.7 Å². The molecule has 0 bridgehead atoms. The first kappa shape index (κ1) is 13.9. The minimum atomic E-state index is -0.264. The van der Waals surface area contributed by atoms with Gasteiger partial charge in [0.2, 0.25) is 11.7 Å². The number of thiophene rings is 1. The molecule has 1 aliphatic carbocycles. The lowest BCUT2D eigenvalue weighted by Crippen LogP contribution is -2.41. The van der Waals surface area contributed by atoms with Crippen LogP contribution < -0.4 is 0 Å². The molecular weight excluding hydrogens is 302 g/mol. The maximum atomic E-state index is 12.4. The Bertz CT molecular complexity index is 645. The lowest BCUT2D eigenvalue weighted by Gasteiger charge is -2.26. The maximum absolute atomic E-state index is 12.4. The molecule has 7 heteroatoms. The van der Waals surface area contributed by atoms with Crippen molar-refractivity contribution in [1.82, 2.24) is 15.0 Å². The Morgan fingerprint density at radius 2 is 2.23 bits per heavy atom. The van der Waals surface area contributed by atoms with Gasteiger partial charge in [-0.05, 0) is 24.3 Å². The van der Waals surface area contributed by atoms with E-state index in [0.29, 0.717) is 24.9 Å². The molecule has 1 atom stereocenters. The van der Waals surface area contributed by atoms with E-state index >= 15 is 0 Å². The van der Waals surface area contributed by atoms with Crippen molar-refractivity contribution in [3.63, 3.8) is 0 Å². The first-order chi connectivity index (χ1) is 10.8. The Morgan fingerprint density at radius 1 is 1.41 bits per heavy atom. The number of epoxide rings is 1. The first-order valence-electron chi connectivity index (χ1n) is 7.58. The van der Waals surface area contributed by atoms with Crippen LogP contribution in [0.2, 0.25) is 0 Å². The average Bonchev–Trinajstić information content (AvgIpc) is 3.00. The van der Waals surface area contributed by atoms with E-state index in [1.165, 1.54) is 12.8 Å². The quantitative estimate of drug-likeness (QED) is 0.792. The van der Waals surface area contributed by atoms with E-state index in [-0.39, 0.29) is 18.1 Å². The molecule has 2 aromatic rings. The fourth-order valence-corrected chi connectivity index (χ4v) is 3.59. The Kier molecular flexibility index (Phi) is 3.67. The first-order valence-corrected chi connectivity index (χ1v) is 8.53. The summed E-state index contributed by atoms with van der Waals surface area (Å²) in [6.07, 6.45) is 4.17. The Balaban J connectivity index is 1.52. The minimum Gasteiger partial charge on any atom is -0.363 e. The van der Waals surface area contributed by atoms with E-state index in [9.17, 15) is 4.79 Å². The number of carbonyl (C=O) groups is 1. The van der Waals surface area contributed by atoms with E-state index in [0.717, 1.165) is 18.4 Å². The Labute approximate surface area is 132 Å². The second kappa shape index (κ2) is 5.81. The highest BCUT2D eigenvalue weighted by Gasteiger charge is 2.39. The van der Waals surface area contributed by atoms with Gasteiger partial charge in [-0.1, -0.05) is 18.0 Å². The van der Waals surface area contributed by atoms with E-state index in [2.05, 4.69) is 10.1 Å². The van der Waals surface area contributed by atoms with Crippen LogP contribution in [-0.4, -0.2) is 39.7 Å². The lowest BCUT2D eigenvalue weighted by molar-refractivity contribution is -0.135. The number of amides is 1. The monoisotopic (exact) mass is 319 g/mol. The standard InChI is InChI=1S/C15H17N3O3S/c19-15(12-8-20-12)18(11-3-1-2-4-11)7-13-16-14(17-21-13)10-5-6-22-9-10/h5-6,9,11-12H,1-4,7-8H2. The molecule has 116 valence electrons. The zero-order valence-electron chi connectivity index (χ0n) is 12.1. The van der Waals surface area contributed by atoms with Gasteiger partial charge in [-0.15, -0.1) is 0 Å². The molecule has 0 N–H and O–H groups in total. The highest BCUT2D eigenvalue weighted by Crippen LogP contribution is 2.28. The molecule has 22 heavy (non-hydrogen) atoms. The molecule has 2 aliphatic rings. The van der Waals surface area contributed by atoms with Gasteiger partial charge < -0.3 is 14.2 Å². The van der Waals surface area contributed by atoms with Crippen molar-refractivity contribution in [2.24, 2.45) is 0 Å². The van der Waals surface area contributed by atoms with Gasteiger partial charge in [-0.2, -0.15) is 16.3 Å². The fraction of sp³-hybridized carbons (Fsp3) is 0.533. The Morgan fingerprint density at radius 3 is 2.91 bits per heavy atom. The van der Waals surface area contributed by atoms with E-state index < -0.39 is 0 Å². The molecule has 2 fully saturated rings. The summed E-state index contributed by atoms with van der Waals surface area (Å²) in [4.78, 5) is 18.7. The van der Waals surface area contributed by atoms with Crippen molar-refractivity contribution >= 4 is 17.2 Å².